The van der Waals surface area contributed by atoms with Crippen LogP contribution in [0, 0.1) is 0 Å². The third kappa shape index (κ3) is 4.96. The van der Waals surface area contributed by atoms with E-state index in [1.54, 1.807) is 24.3 Å². The molecule has 1 saturated carbocycles. The van der Waals surface area contributed by atoms with Gasteiger partial charge in [0.15, 0.2) is 6.61 Å². The summed E-state index contributed by atoms with van der Waals surface area (Å²) in [6.45, 7) is -0.664. The Morgan fingerprint density at radius 3 is 2.50 bits per heavy atom. The topological polar surface area (TPSA) is 158 Å². The maximum atomic E-state index is 12.2. The Kier molecular flexibility index (Phi) is 5.47. The Bertz CT molecular complexity index is 1020. The highest BCUT2D eigenvalue weighted by atomic mass is 32.2. The highest BCUT2D eigenvalue weighted by Gasteiger charge is 2.25. The van der Waals surface area contributed by atoms with Crippen LogP contribution in [0.4, 0.5) is 5.69 Å². The summed E-state index contributed by atoms with van der Waals surface area (Å²) in [4.78, 5) is 36.1. The van der Waals surface area contributed by atoms with Crippen LogP contribution in [-0.4, -0.2) is 38.9 Å². The fourth-order valence-electron chi connectivity index (χ4n) is 2.25. The van der Waals surface area contributed by atoms with Crippen molar-refractivity contribution in [1.82, 2.24) is 5.32 Å². The molecule has 1 aliphatic carbocycles. The zero-order chi connectivity index (χ0) is 20.3. The molecular formula is C17H17N3O7S. The van der Waals surface area contributed by atoms with Gasteiger partial charge in [-0.3, -0.25) is 9.59 Å². The quantitative estimate of drug-likeness (QED) is 0.567. The molecule has 10 nitrogen and oxygen atoms in total. The molecule has 0 bridgehead atoms. The van der Waals surface area contributed by atoms with Crippen LogP contribution in [0.5, 0.6) is 0 Å². The van der Waals surface area contributed by atoms with Gasteiger partial charge >= 0.3 is 5.97 Å². The first kappa shape index (κ1) is 19.6. The molecule has 3 rings (SSSR count). The number of nitrogens with one attached hydrogen (secondary N) is 2. The van der Waals surface area contributed by atoms with Crippen LogP contribution in [-0.2, 0) is 19.6 Å². The van der Waals surface area contributed by atoms with Gasteiger partial charge in [0.25, 0.3) is 21.8 Å². The van der Waals surface area contributed by atoms with Crippen molar-refractivity contribution in [2.24, 2.45) is 5.14 Å². The van der Waals surface area contributed by atoms with E-state index in [1.807, 2.05) is 0 Å². The Hall–Kier alpha value is -3.18. The van der Waals surface area contributed by atoms with Crippen LogP contribution in [0.1, 0.15) is 33.8 Å². The van der Waals surface area contributed by atoms with Crippen molar-refractivity contribution in [3.05, 3.63) is 47.7 Å². The number of primary sulfonamides is 1. The van der Waals surface area contributed by atoms with E-state index in [0.717, 1.165) is 25.0 Å². The number of carbonyl (C=O) groups is 3. The molecule has 1 aromatic heterocycles. The van der Waals surface area contributed by atoms with Crippen LogP contribution in [0.3, 0.4) is 0 Å². The molecule has 0 unspecified atom stereocenters. The number of sulfonamides is 1. The number of hydrogen-bond acceptors (Lipinski definition) is 7. The van der Waals surface area contributed by atoms with E-state index < -0.39 is 39.4 Å². The Labute approximate surface area is 160 Å². The Morgan fingerprint density at radius 1 is 1.14 bits per heavy atom. The van der Waals surface area contributed by atoms with Crippen LogP contribution in [0.2, 0.25) is 0 Å². The van der Waals surface area contributed by atoms with E-state index in [4.69, 9.17) is 14.3 Å². The minimum absolute atomic E-state index is 0.160. The van der Waals surface area contributed by atoms with Crippen molar-refractivity contribution in [2.75, 3.05) is 11.9 Å². The zero-order valence-corrected chi connectivity index (χ0v) is 15.3. The number of benzene rings is 1. The maximum absolute atomic E-state index is 12.2. The van der Waals surface area contributed by atoms with Crippen LogP contribution >= 0.6 is 0 Å². The van der Waals surface area contributed by atoms with Gasteiger partial charge in [0.2, 0.25) is 10.9 Å². The molecule has 2 aromatic rings. The number of rotatable bonds is 7. The number of esters is 1. The number of para-hydroxylation sites is 1. The molecule has 0 atom stereocenters. The fourth-order valence-corrected chi connectivity index (χ4v) is 2.72. The number of hydrogen-bond donors (Lipinski definition) is 3. The van der Waals surface area contributed by atoms with Crippen molar-refractivity contribution >= 4 is 33.5 Å². The van der Waals surface area contributed by atoms with E-state index >= 15 is 0 Å². The summed E-state index contributed by atoms with van der Waals surface area (Å²) >= 11 is 0. The monoisotopic (exact) mass is 407 g/mol. The summed E-state index contributed by atoms with van der Waals surface area (Å²) < 4.78 is 31.8. The van der Waals surface area contributed by atoms with Crippen LogP contribution in [0.25, 0.3) is 0 Å². The lowest BCUT2D eigenvalue weighted by Gasteiger charge is -2.11. The maximum Gasteiger partial charge on any atom is 0.374 e. The largest absolute Gasteiger partial charge is 0.450 e. The molecule has 2 amide bonds. The van der Waals surface area contributed by atoms with Gasteiger partial charge in [-0.1, -0.05) is 12.1 Å². The Balaban J connectivity index is 1.58. The van der Waals surface area contributed by atoms with Gasteiger partial charge in [-0.15, -0.1) is 0 Å². The van der Waals surface area contributed by atoms with Crippen molar-refractivity contribution in [3.63, 3.8) is 0 Å². The van der Waals surface area contributed by atoms with Crippen LogP contribution < -0.4 is 15.8 Å². The number of carbonyl (C=O) groups excluding carboxylic acids is 3. The minimum atomic E-state index is -4.10. The highest BCUT2D eigenvalue weighted by Crippen LogP contribution is 2.21. The number of amides is 2. The molecule has 1 fully saturated rings. The third-order valence-electron chi connectivity index (χ3n) is 3.76. The Morgan fingerprint density at radius 2 is 1.86 bits per heavy atom. The molecule has 1 heterocycles. The summed E-state index contributed by atoms with van der Waals surface area (Å²) in [5.74, 6) is -2.44. The lowest BCUT2D eigenvalue weighted by Crippen LogP contribution is -2.27. The van der Waals surface area contributed by atoms with Crippen molar-refractivity contribution < 1.29 is 32.0 Å². The fraction of sp³-hybridized carbons (Fsp3) is 0.235. The third-order valence-corrected chi connectivity index (χ3v) is 4.54. The molecule has 4 N–H and O–H groups in total. The van der Waals surface area contributed by atoms with Gasteiger partial charge in [0, 0.05) is 6.04 Å². The first-order chi connectivity index (χ1) is 13.2. The second kappa shape index (κ2) is 7.82. The van der Waals surface area contributed by atoms with Gasteiger partial charge in [-0.05, 0) is 37.1 Å². The minimum Gasteiger partial charge on any atom is -0.450 e. The lowest BCUT2D eigenvalue weighted by molar-refractivity contribution is -0.119. The molecular weight excluding hydrogens is 390 g/mol. The standard InChI is InChI=1S/C17H17N3O7S/c18-28(24,25)15-8-7-13(27-15)17(23)26-9-14(21)20-12-4-2-1-3-11(12)16(22)19-10-5-6-10/h1-4,7-8,10H,5-6,9H2,(H,19,22)(H,20,21)(H2,18,24,25). The predicted molar refractivity (Wildman–Crippen MR) is 95.9 cm³/mol. The van der Waals surface area contributed by atoms with Gasteiger partial charge in [0.1, 0.15) is 0 Å². The summed E-state index contributed by atoms with van der Waals surface area (Å²) in [7, 11) is -4.10. The van der Waals surface area contributed by atoms with Crippen molar-refractivity contribution in [1.29, 1.82) is 0 Å². The summed E-state index contributed by atoms with van der Waals surface area (Å²) in [5.41, 5.74) is 0.564. The molecule has 0 saturated heterocycles. The first-order valence-corrected chi connectivity index (χ1v) is 9.78. The smallest absolute Gasteiger partial charge is 0.374 e. The lowest BCUT2D eigenvalue weighted by atomic mass is 10.1. The number of nitrogens with two attached hydrogens (primary N) is 1. The summed E-state index contributed by atoms with van der Waals surface area (Å²) in [5, 5.41) is 9.60. The van der Waals surface area contributed by atoms with E-state index in [1.165, 1.54) is 0 Å². The summed E-state index contributed by atoms with van der Waals surface area (Å²) in [6.07, 6.45) is 1.85. The van der Waals surface area contributed by atoms with Gasteiger partial charge in [-0.2, -0.15) is 0 Å². The molecule has 1 aromatic carbocycles. The predicted octanol–water partition coefficient (Wildman–Crippen LogP) is 0.615. The van der Waals surface area contributed by atoms with Gasteiger partial charge < -0.3 is 19.8 Å². The average Bonchev–Trinajstić information content (AvgIpc) is 3.29. The first-order valence-electron chi connectivity index (χ1n) is 8.23. The molecule has 0 spiro atoms. The van der Waals surface area contributed by atoms with E-state index in [2.05, 4.69) is 10.6 Å². The molecule has 0 radical (unpaired) electrons. The van der Waals surface area contributed by atoms with Crippen LogP contribution in [0.15, 0.2) is 45.9 Å². The molecule has 0 aliphatic heterocycles. The SMILES string of the molecule is NS(=O)(=O)c1ccc(C(=O)OCC(=O)Nc2ccccc2C(=O)NC2CC2)o1. The number of furan rings is 1. The van der Waals surface area contributed by atoms with E-state index in [9.17, 15) is 22.8 Å². The van der Waals surface area contributed by atoms with Gasteiger partial charge in [-0.25, -0.2) is 18.4 Å². The second-order valence-electron chi connectivity index (χ2n) is 6.08. The van der Waals surface area contributed by atoms with Crippen molar-refractivity contribution in [2.45, 2.75) is 24.0 Å². The number of ether oxygens (including phenoxy) is 1. The molecule has 1 aliphatic rings. The van der Waals surface area contributed by atoms with Gasteiger partial charge in [0.05, 0.1) is 11.3 Å². The molecule has 11 heteroatoms. The number of anilines is 1. The average molecular weight is 407 g/mol. The second-order valence-corrected chi connectivity index (χ2v) is 7.57. The van der Waals surface area contributed by atoms with E-state index in [-0.39, 0.29) is 23.2 Å². The highest BCUT2D eigenvalue weighted by molar-refractivity contribution is 7.89. The summed E-state index contributed by atoms with van der Waals surface area (Å²) in [6, 6.07) is 8.65. The van der Waals surface area contributed by atoms with Crippen molar-refractivity contribution in [3.8, 4) is 0 Å². The molecule has 148 valence electrons. The zero-order valence-electron chi connectivity index (χ0n) is 14.5. The van der Waals surface area contributed by atoms with E-state index in [0.29, 0.717) is 0 Å². The normalized spacial score (nSPS) is 13.6. The molecule has 28 heavy (non-hydrogen) atoms.